The molecule has 0 radical (unpaired) electrons. The number of rotatable bonds is 9. The first-order chi connectivity index (χ1) is 17.8. The number of nitrogens with zero attached hydrogens (tertiary/aromatic N) is 2. The highest BCUT2D eigenvalue weighted by atomic mass is 16.4. The molecule has 0 bridgehead atoms. The number of nitrogens with one attached hydrogen (secondary N) is 3. The van der Waals surface area contributed by atoms with Crippen LogP contribution in [0.4, 0.5) is 9.59 Å². The van der Waals surface area contributed by atoms with Gasteiger partial charge in [0.15, 0.2) is 0 Å². The molecule has 2 aromatic carbocycles. The number of likely N-dealkylation sites (tertiary alicyclic amines) is 1. The van der Waals surface area contributed by atoms with Gasteiger partial charge in [0.05, 0.1) is 12.5 Å². The predicted octanol–water partition coefficient (Wildman–Crippen LogP) is 1.55. The standard InChI is InChI=1S/C26H31N5O6/c32-22(17-30-13-11-21(12-14-30)24(34)35)29-26(37)31(16-20-9-5-2-6-10-20)18-23(33)28-25(36)27-15-19-7-3-1-4-8-19/h1-10,21H,11-18H2,(H,34,35)(H,29,32,37)(H2,27,28,33,36). The first kappa shape index (κ1) is 27.3. The van der Waals surface area contributed by atoms with Crippen LogP contribution in [0.2, 0.25) is 0 Å². The third-order valence-corrected chi connectivity index (χ3v) is 5.94. The number of piperidine rings is 1. The lowest BCUT2D eigenvalue weighted by Gasteiger charge is -2.29. The molecule has 1 aliphatic rings. The largest absolute Gasteiger partial charge is 0.481 e. The summed E-state index contributed by atoms with van der Waals surface area (Å²) in [6, 6.07) is 16.7. The summed E-state index contributed by atoms with van der Waals surface area (Å²) in [6.45, 7) is 0.636. The minimum Gasteiger partial charge on any atom is -0.481 e. The fourth-order valence-corrected chi connectivity index (χ4v) is 3.94. The van der Waals surface area contributed by atoms with E-state index in [2.05, 4.69) is 16.0 Å². The van der Waals surface area contributed by atoms with Gasteiger partial charge in [-0.25, -0.2) is 9.59 Å². The molecule has 1 heterocycles. The molecule has 11 nitrogen and oxygen atoms in total. The predicted molar refractivity (Wildman–Crippen MR) is 134 cm³/mol. The molecule has 0 aliphatic carbocycles. The fourth-order valence-electron chi connectivity index (χ4n) is 3.94. The van der Waals surface area contributed by atoms with Crippen molar-refractivity contribution in [1.82, 2.24) is 25.8 Å². The third kappa shape index (κ3) is 9.37. The Morgan fingerprint density at radius 3 is 2.03 bits per heavy atom. The summed E-state index contributed by atoms with van der Waals surface area (Å²) in [7, 11) is 0. The van der Waals surface area contributed by atoms with E-state index in [1.807, 2.05) is 36.4 Å². The second-order valence-electron chi connectivity index (χ2n) is 8.80. The Balaban J connectivity index is 1.53. The van der Waals surface area contributed by atoms with E-state index in [9.17, 15) is 24.0 Å². The molecule has 37 heavy (non-hydrogen) atoms. The van der Waals surface area contributed by atoms with Crippen LogP contribution in [0.25, 0.3) is 0 Å². The fraction of sp³-hybridized carbons (Fsp3) is 0.346. The van der Waals surface area contributed by atoms with Gasteiger partial charge < -0.3 is 15.3 Å². The van der Waals surface area contributed by atoms with Gasteiger partial charge in [0, 0.05) is 13.1 Å². The first-order valence-electron chi connectivity index (χ1n) is 12.0. The van der Waals surface area contributed by atoms with Crippen LogP contribution in [0, 0.1) is 5.92 Å². The zero-order valence-electron chi connectivity index (χ0n) is 20.4. The molecule has 196 valence electrons. The van der Waals surface area contributed by atoms with E-state index >= 15 is 0 Å². The maximum atomic E-state index is 12.9. The zero-order valence-corrected chi connectivity index (χ0v) is 20.4. The van der Waals surface area contributed by atoms with Crippen molar-refractivity contribution in [2.45, 2.75) is 25.9 Å². The summed E-state index contributed by atoms with van der Waals surface area (Å²) in [4.78, 5) is 64.1. The van der Waals surface area contributed by atoms with Gasteiger partial charge in [-0.1, -0.05) is 60.7 Å². The van der Waals surface area contributed by atoms with Gasteiger partial charge in [-0.2, -0.15) is 0 Å². The van der Waals surface area contributed by atoms with E-state index in [1.54, 1.807) is 29.2 Å². The van der Waals surface area contributed by atoms with Gasteiger partial charge in [-0.05, 0) is 37.1 Å². The molecule has 0 saturated carbocycles. The number of carbonyl (C=O) groups excluding carboxylic acids is 4. The lowest BCUT2D eigenvalue weighted by Crippen LogP contribution is -2.51. The molecule has 11 heteroatoms. The molecule has 3 rings (SSSR count). The number of carboxylic acid groups (broad SMARTS) is 1. The van der Waals surface area contributed by atoms with Crippen molar-refractivity contribution in [3.63, 3.8) is 0 Å². The monoisotopic (exact) mass is 509 g/mol. The van der Waals surface area contributed by atoms with Crippen molar-refractivity contribution < 1.29 is 29.1 Å². The smallest absolute Gasteiger partial charge is 0.324 e. The number of carbonyl (C=O) groups is 5. The number of imide groups is 2. The Morgan fingerprint density at radius 1 is 0.838 bits per heavy atom. The van der Waals surface area contributed by atoms with Crippen LogP contribution in [0.15, 0.2) is 60.7 Å². The minimum atomic E-state index is -0.845. The summed E-state index contributed by atoms with van der Waals surface area (Å²) in [5, 5.41) is 16.2. The molecule has 1 saturated heterocycles. The first-order valence-corrected chi connectivity index (χ1v) is 12.0. The average molecular weight is 510 g/mol. The Bertz CT molecular complexity index is 1090. The Kier molecular flexibility index (Phi) is 10.1. The van der Waals surface area contributed by atoms with Gasteiger partial charge in [-0.15, -0.1) is 0 Å². The van der Waals surface area contributed by atoms with E-state index in [4.69, 9.17) is 5.11 Å². The minimum absolute atomic E-state index is 0.0447. The summed E-state index contributed by atoms with van der Waals surface area (Å²) >= 11 is 0. The van der Waals surface area contributed by atoms with Crippen molar-refractivity contribution in [1.29, 1.82) is 0 Å². The van der Waals surface area contributed by atoms with E-state index in [0.29, 0.717) is 25.9 Å². The summed E-state index contributed by atoms with van der Waals surface area (Å²) in [5.41, 5.74) is 1.60. The van der Waals surface area contributed by atoms with E-state index in [-0.39, 0.29) is 19.6 Å². The highest BCUT2D eigenvalue weighted by Crippen LogP contribution is 2.16. The molecular weight excluding hydrogens is 478 g/mol. The van der Waals surface area contributed by atoms with Crippen molar-refractivity contribution >= 4 is 29.8 Å². The Labute approximate surface area is 214 Å². The van der Waals surface area contributed by atoms with Crippen molar-refractivity contribution in [3.05, 3.63) is 71.8 Å². The normalized spacial score (nSPS) is 13.8. The maximum absolute atomic E-state index is 12.9. The van der Waals surface area contributed by atoms with Gasteiger partial charge in [0.25, 0.3) is 0 Å². The lowest BCUT2D eigenvalue weighted by molar-refractivity contribution is -0.143. The Morgan fingerprint density at radius 2 is 1.43 bits per heavy atom. The number of carboxylic acids is 1. The zero-order chi connectivity index (χ0) is 26.6. The topological polar surface area (TPSA) is 148 Å². The summed E-state index contributed by atoms with van der Waals surface area (Å²) in [6.07, 6.45) is 0.867. The summed E-state index contributed by atoms with van der Waals surface area (Å²) in [5.74, 6) is -2.54. The Hall–Kier alpha value is -4.25. The quantitative estimate of drug-likeness (QED) is 0.401. The molecule has 6 amide bonds. The van der Waals surface area contributed by atoms with Gasteiger partial charge in [0.1, 0.15) is 6.54 Å². The van der Waals surface area contributed by atoms with Crippen LogP contribution in [-0.4, -0.2) is 70.9 Å². The highest BCUT2D eigenvalue weighted by Gasteiger charge is 2.27. The van der Waals surface area contributed by atoms with E-state index < -0.39 is 42.3 Å². The molecule has 0 unspecified atom stereocenters. The second-order valence-corrected chi connectivity index (χ2v) is 8.80. The highest BCUT2D eigenvalue weighted by molar-refractivity contribution is 5.99. The molecule has 1 aliphatic heterocycles. The SMILES string of the molecule is O=C(CN(Cc1ccccc1)C(=O)NC(=O)CN1CCC(C(=O)O)CC1)NC(=O)NCc1ccccc1. The lowest BCUT2D eigenvalue weighted by atomic mass is 9.97. The average Bonchev–Trinajstić information content (AvgIpc) is 2.88. The van der Waals surface area contributed by atoms with Crippen molar-refractivity contribution in [3.8, 4) is 0 Å². The van der Waals surface area contributed by atoms with Gasteiger partial charge in [0.2, 0.25) is 11.8 Å². The van der Waals surface area contributed by atoms with Crippen LogP contribution in [0.5, 0.6) is 0 Å². The van der Waals surface area contributed by atoms with E-state index in [0.717, 1.165) is 16.0 Å². The van der Waals surface area contributed by atoms with Crippen LogP contribution in [-0.2, 0) is 27.5 Å². The molecule has 0 atom stereocenters. The van der Waals surface area contributed by atoms with E-state index in [1.165, 1.54) is 0 Å². The summed E-state index contributed by atoms with van der Waals surface area (Å²) < 4.78 is 0. The van der Waals surface area contributed by atoms with Crippen LogP contribution in [0.3, 0.4) is 0 Å². The van der Waals surface area contributed by atoms with Gasteiger partial charge in [-0.3, -0.25) is 29.9 Å². The second kappa shape index (κ2) is 13.7. The van der Waals surface area contributed by atoms with Crippen LogP contribution in [0.1, 0.15) is 24.0 Å². The van der Waals surface area contributed by atoms with Gasteiger partial charge >= 0.3 is 18.0 Å². The molecule has 0 aromatic heterocycles. The number of aliphatic carboxylic acids is 1. The van der Waals surface area contributed by atoms with Crippen molar-refractivity contribution in [2.24, 2.45) is 5.92 Å². The number of benzene rings is 2. The molecule has 2 aromatic rings. The maximum Gasteiger partial charge on any atom is 0.324 e. The van der Waals surface area contributed by atoms with Crippen molar-refractivity contribution in [2.75, 3.05) is 26.2 Å². The van der Waals surface area contributed by atoms with Crippen LogP contribution >= 0.6 is 0 Å². The number of hydrogen-bond acceptors (Lipinski definition) is 6. The molecule has 4 N–H and O–H groups in total. The molecule has 0 spiro atoms. The third-order valence-electron chi connectivity index (χ3n) is 5.94. The number of hydrogen-bond donors (Lipinski definition) is 4. The van der Waals surface area contributed by atoms with Crippen LogP contribution < -0.4 is 16.0 Å². The molecule has 1 fully saturated rings. The number of urea groups is 2. The number of amides is 6. The molecular formula is C26H31N5O6.